The Bertz CT molecular complexity index is 436. The van der Waals surface area contributed by atoms with Gasteiger partial charge >= 0.3 is 0 Å². The fraction of sp³-hybridized carbons (Fsp3) is 0.714. The van der Waals surface area contributed by atoms with Gasteiger partial charge in [-0.25, -0.2) is 4.98 Å². The molecular weight excluding hydrogens is 274 g/mol. The molecule has 2 rings (SSSR count). The molecule has 1 saturated carbocycles. The van der Waals surface area contributed by atoms with Crippen LogP contribution >= 0.6 is 11.3 Å². The van der Waals surface area contributed by atoms with Crippen LogP contribution in [-0.2, 0) is 0 Å². The van der Waals surface area contributed by atoms with Crippen molar-refractivity contribution in [2.45, 2.75) is 44.6 Å². The van der Waals surface area contributed by atoms with Crippen molar-refractivity contribution in [2.24, 2.45) is 5.92 Å². The predicted molar refractivity (Wildman–Crippen MR) is 81.2 cm³/mol. The summed E-state index contributed by atoms with van der Waals surface area (Å²) >= 11 is 1.35. The number of rotatable bonds is 6. The van der Waals surface area contributed by atoms with Gasteiger partial charge in [-0.1, -0.05) is 24.2 Å². The minimum Gasteiger partial charge on any atom is -0.393 e. The van der Waals surface area contributed by atoms with Crippen LogP contribution in [-0.4, -0.2) is 35.7 Å². The summed E-state index contributed by atoms with van der Waals surface area (Å²) in [5.41, 5.74) is 0. The summed E-state index contributed by atoms with van der Waals surface area (Å²) in [6.07, 6.45) is 7.79. The summed E-state index contributed by atoms with van der Waals surface area (Å²) < 4.78 is 0. The minimum atomic E-state index is -0.140. The largest absolute Gasteiger partial charge is 0.393 e. The molecule has 0 spiro atoms. The molecule has 1 heterocycles. The number of aromatic nitrogens is 1. The van der Waals surface area contributed by atoms with E-state index in [1.807, 2.05) is 0 Å². The molecule has 3 N–H and O–H groups in total. The fourth-order valence-electron chi connectivity index (χ4n) is 2.67. The summed E-state index contributed by atoms with van der Waals surface area (Å²) in [7, 11) is 1.79. The average molecular weight is 297 g/mol. The number of nitrogens with one attached hydrogen (secondary N) is 2. The highest BCUT2D eigenvalue weighted by molar-refractivity contribution is 7.17. The molecule has 0 bridgehead atoms. The first kappa shape index (κ1) is 15.3. The number of amides is 1. The van der Waals surface area contributed by atoms with Crippen molar-refractivity contribution in [3.63, 3.8) is 0 Å². The highest BCUT2D eigenvalue weighted by Crippen LogP contribution is 2.27. The van der Waals surface area contributed by atoms with Crippen molar-refractivity contribution in [3.05, 3.63) is 11.1 Å². The number of carbonyl (C=O) groups is 1. The number of hydrogen-bond donors (Lipinski definition) is 3. The zero-order valence-electron chi connectivity index (χ0n) is 11.9. The quantitative estimate of drug-likeness (QED) is 0.704. The molecule has 1 aromatic heterocycles. The van der Waals surface area contributed by atoms with Crippen molar-refractivity contribution in [1.82, 2.24) is 10.3 Å². The van der Waals surface area contributed by atoms with Crippen LogP contribution in [0.1, 0.15) is 48.2 Å². The van der Waals surface area contributed by atoms with Crippen LogP contribution in [0.4, 0.5) is 5.13 Å². The maximum atomic E-state index is 11.9. The van der Waals surface area contributed by atoms with Gasteiger partial charge in [0, 0.05) is 13.6 Å². The number of carbonyl (C=O) groups excluding carboxylic acids is 1. The lowest BCUT2D eigenvalue weighted by Gasteiger charge is -2.27. The zero-order chi connectivity index (χ0) is 14.4. The topological polar surface area (TPSA) is 74.2 Å². The molecular formula is C14H23N3O2S. The summed E-state index contributed by atoms with van der Waals surface area (Å²) in [5, 5.41) is 16.5. The Morgan fingerprint density at radius 3 is 3.00 bits per heavy atom. The Kier molecular flexibility index (Phi) is 5.79. The summed E-state index contributed by atoms with van der Waals surface area (Å²) in [6, 6.07) is 0. The zero-order valence-corrected chi connectivity index (χ0v) is 12.7. The SMILES string of the molecule is CNc1ncc(C(=O)NCCCC2CCCCC2O)s1. The molecule has 1 aromatic rings. The maximum absolute atomic E-state index is 11.9. The van der Waals surface area contributed by atoms with E-state index in [9.17, 15) is 9.90 Å². The third-order valence-electron chi connectivity index (χ3n) is 3.85. The molecule has 0 aromatic carbocycles. The van der Waals surface area contributed by atoms with Crippen LogP contribution in [0, 0.1) is 5.92 Å². The van der Waals surface area contributed by atoms with Gasteiger partial charge < -0.3 is 15.7 Å². The van der Waals surface area contributed by atoms with E-state index in [0.717, 1.165) is 37.2 Å². The first-order valence-electron chi connectivity index (χ1n) is 7.30. The molecule has 2 unspecified atom stereocenters. The van der Waals surface area contributed by atoms with E-state index in [1.165, 1.54) is 17.8 Å². The summed E-state index contributed by atoms with van der Waals surface area (Å²) in [5.74, 6) is 0.355. The molecule has 1 aliphatic carbocycles. The molecule has 1 fully saturated rings. The number of anilines is 1. The second kappa shape index (κ2) is 7.59. The predicted octanol–water partition coefficient (Wildman–Crippen LogP) is 2.25. The van der Waals surface area contributed by atoms with Crippen molar-refractivity contribution in [3.8, 4) is 0 Å². The first-order valence-corrected chi connectivity index (χ1v) is 8.12. The van der Waals surface area contributed by atoms with Crippen LogP contribution in [0.25, 0.3) is 0 Å². The van der Waals surface area contributed by atoms with Crippen LogP contribution in [0.5, 0.6) is 0 Å². The highest BCUT2D eigenvalue weighted by atomic mass is 32.1. The highest BCUT2D eigenvalue weighted by Gasteiger charge is 2.22. The number of thiazole rings is 1. The maximum Gasteiger partial charge on any atom is 0.263 e. The van der Waals surface area contributed by atoms with Crippen molar-refractivity contribution < 1.29 is 9.90 Å². The molecule has 5 nitrogen and oxygen atoms in total. The van der Waals surface area contributed by atoms with Gasteiger partial charge in [0.05, 0.1) is 12.3 Å². The smallest absolute Gasteiger partial charge is 0.263 e. The van der Waals surface area contributed by atoms with Crippen molar-refractivity contribution in [2.75, 3.05) is 18.9 Å². The van der Waals surface area contributed by atoms with Crippen LogP contribution < -0.4 is 10.6 Å². The van der Waals surface area contributed by atoms with Gasteiger partial charge in [-0.3, -0.25) is 4.79 Å². The number of nitrogens with zero attached hydrogens (tertiary/aromatic N) is 1. The first-order chi connectivity index (χ1) is 9.70. The molecule has 0 saturated heterocycles. The van der Waals surface area contributed by atoms with E-state index in [2.05, 4.69) is 15.6 Å². The Morgan fingerprint density at radius 2 is 2.30 bits per heavy atom. The number of aliphatic hydroxyl groups is 1. The third kappa shape index (κ3) is 4.18. The molecule has 20 heavy (non-hydrogen) atoms. The van der Waals surface area contributed by atoms with Gasteiger partial charge in [-0.2, -0.15) is 0 Å². The molecule has 1 amide bonds. The van der Waals surface area contributed by atoms with Gasteiger partial charge in [-0.05, 0) is 31.6 Å². The van der Waals surface area contributed by atoms with Gasteiger partial charge in [0.1, 0.15) is 4.88 Å². The monoisotopic (exact) mass is 297 g/mol. The third-order valence-corrected chi connectivity index (χ3v) is 4.86. The van der Waals surface area contributed by atoms with E-state index < -0.39 is 0 Å². The fourth-order valence-corrected chi connectivity index (χ4v) is 3.36. The molecule has 0 aliphatic heterocycles. The minimum absolute atomic E-state index is 0.0619. The van der Waals surface area contributed by atoms with Gasteiger partial charge in [0.2, 0.25) is 0 Å². The van der Waals surface area contributed by atoms with Crippen LogP contribution in [0.2, 0.25) is 0 Å². The summed E-state index contributed by atoms with van der Waals surface area (Å²) in [4.78, 5) is 16.6. The van der Waals surface area contributed by atoms with Crippen LogP contribution in [0.3, 0.4) is 0 Å². The molecule has 0 radical (unpaired) electrons. The van der Waals surface area contributed by atoms with E-state index in [0.29, 0.717) is 17.3 Å². The molecule has 112 valence electrons. The Hall–Kier alpha value is -1.14. The Morgan fingerprint density at radius 1 is 1.50 bits per heavy atom. The van der Waals surface area contributed by atoms with E-state index >= 15 is 0 Å². The lowest BCUT2D eigenvalue weighted by atomic mass is 9.83. The van der Waals surface area contributed by atoms with E-state index in [-0.39, 0.29) is 12.0 Å². The van der Waals surface area contributed by atoms with Gasteiger partial charge in [0.25, 0.3) is 5.91 Å². The molecule has 1 aliphatic rings. The number of hydrogen-bond acceptors (Lipinski definition) is 5. The average Bonchev–Trinajstić information content (AvgIpc) is 2.94. The van der Waals surface area contributed by atoms with Gasteiger partial charge in [-0.15, -0.1) is 0 Å². The molecule has 2 atom stereocenters. The Balaban J connectivity index is 1.66. The second-order valence-electron chi connectivity index (χ2n) is 5.29. The normalized spacial score (nSPS) is 22.5. The van der Waals surface area contributed by atoms with Crippen LogP contribution in [0.15, 0.2) is 6.20 Å². The number of aliphatic hydroxyl groups excluding tert-OH is 1. The van der Waals surface area contributed by atoms with E-state index in [1.54, 1.807) is 13.2 Å². The lowest BCUT2D eigenvalue weighted by Crippen LogP contribution is -2.27. The van der Waals surface area contributed by atoms with E-state index in [4.69, 9.17) is 0 Å². The Labute approximate surface area is 123 Å². The van der Waals surface area contributed by atoms with Crippen molar-refractivity contribution in [1.29, 1.82) is 0 Å². The second-order valence-corrected chi connectivity index (χ2v) is 6.32. The van der Waals surface area contributed by atoms with Crippen molar-refractivity contribution >= 4 is 22.4 Å². The molecule has 6 heteroatoms. The van der Waals surface area contributed by atoms with Gasteiger partial charge in [0.15, 0.2) is 5.13 Å². The standard InChI is InChI=1S/C14H23N3O2S/c1-15-14-17-9-12(20-14)13(19)16-8-4-6-10-5-2-3-7-11(10)18/h9-11,18H,2-8H2,1H3,(H,15,17)(H,16,19). The summed E-state index contributed by atoms with van der Waals surface area (Å²) in [6.45, 7) is 0.662. The lowest BCUT2D eigenvalue weighted by molar-refractivity contribution is 0.0641.